The van der Waals surface area contributed by atoms with Gasteiger partial charge in [-0.3, -0.25) is 4.57 Å². The van der Waals surface area contributed by atoms with Crippen LogP contribution in [-0.2, 0) is 13.6 Å². The van der Waals surface area contributed by atoms with Crippen molar-refractivity contribution in [3.63, 3.8) is 0 Å². The summed E-state index contributed by atoms with van der Waals surface area (Å²) in [6.45, 7) is 8.64. The standard InChI is InChI=1S/C18H29O3P/c1-5-8-9-10-11-18(17-14-12-16(4)13-15-17)22(19,20-6-2)21-7-3/h11-15H,5-10H2,1-4H3/b18-11-. The zero-order chi connectivity index (χ0) is 16.4. The molecule has 0 aliphatic heterocycles. The fourth-order valence-electron chi connectivity index (χ4n) is 2.26. The van der Waals surface area contributed by atoms with Crippen molar-refractivity contribution in [3.05, 3.63) is 41.5 Å². The molecule has 0 unspecified atom stereocenters. The first kappa shape index (κ1) is 19.2. The monoisotopic (exact) mass is 324 g/mol. The SMILES string of the molecule is CCCCC/C=C(/c1ccc(C)cc1)P(=O)(OCC)OCC. The van der Waals surface area contributed by atoms with Gasteiger partial charge in [-0.25, -0.2) is 0 Å². The Kier molecular flexibility index (Phi) is 8.70. The molecule has 0 aliphatic carbocycles. The quantitative estimate of drug-likeness (QED) is 0.380. The Bertz CT molecular complexity index is 496. The van der Waals surface area contributed by atoms with Crippen molar-refractivity contribution < 1.29 is 13.6 Å². The van der Waals surface area contributed by atoms with Crippen LogP contribution in [0.4, 0.5) is 0 Å². The van der Waals surface area contributed by atoms with Crippen molar-refractivity contribution in [3.8, 4) is 0 Å². The van der Waals surface area contributed by atoms with Gasteiger partial charge in [-0.05, 0) is 39.2 Å². The maximum Gasteiger partial charge on any atom is 0.361 e. The minimum absolute atomic E-state index is 0.370. The van der Waals surface area contributed by atoms with Crippen molar-refractivity contribution in [2.75, 3.05) is 13.2 Å². The minimum Gasteiger partial charge on any atom is -0.305 e. The lowest BCUT2D eigenvalue weighted by Gasteiger charge is -2.20. The van der Waals surface area contributed by atoms with Gasteiger partial charge in [-0.15, -0.1) is 0 Å². The van der Waals surface area contributed by atoms with Crippen LogP contribution >= 0.6 is 7.60 Å². The van der Waals surface area contributed by atoms with Crippen LogP contribution in [0.3, 0.4) is 0 Å². The van der Waals surface area contributed by atoms with E-state index in [4.69, 9.17) is 9.05 Å². The molecular weight excluding hydrogens is 295 g/mol. The van der Waals surface area contributed by atoms with Gasteiger partial charge in [-0.2, -0.15) is 0 Å². The van der Waals surface area contributed by atoms with Gasteiger partial charge in [0.15, 0.2) is 0 Å². The van der Waals surface area contributed by atoms with Crippen LogP contribution in [0.15, 0.2) is 30.3 Å². The summed E-state index contributed by atoms with van der Waals surface area (Å²) < 4.78 is 24.2. The lowest BCUT2D eigenvalue weighted by atomic mass is 10.1. The zero-order valence-electron chi connectivity index (χ0n) is 14.3. The Hall–Kier alpha value is -0.890. The Balaban J connectivity index is 3.13. The van der Waals surface area contributed by atoms with E-state index in [0.29, 0.717) is 18.5 Å². The maximum atomic E-state index is 13.1. The van der Waals surface area contributed by atoms with E-state index in [9.17, 15) is 4.57 Å². The lowest BCUT2D eigenvalue weighted by Crippen LogP contribution is -1.99. The third-order valence-electron chi connectivity index (χ3n) is 3.39. The smallest absolute Gasteiger partial charge is 0.305 e. The fourth-order valence-corrected chi connectivity index (χ4v) is 4.11. The molecular formula is C18H29O3P. The van der Waals surface area contributed by atoms with E-state index >= 15 is 0 Å². The molecule has 22 heavy (non-hydrogen) atoms. The van der Waals surface area contributed by atoms with E-state index in [1.54, 1.807) is 0 Å². The van der Waals surface area contributed by atoms with Gasteiger partial charge in [0.25, 0.3) is 0 Å². The molecule has 0 radical (unpaired) electrons. The molecule has 1 aromatic rings. The first-order chi connectivity index (χ1) is 10.6. The van der Waals surface area contributed by atoms with E-state index in [1.807, 2.05) is 51.1 Å². The molecule has 3 nitrogen and oxygen atoms in total. The molecule has 1 aromatic carbocycles. The molecule has 0 fully saturated rings. The summed E-state index contributed by atoms with van der Waals surface area (Å²) in [4.78, 5) is 0. The highest BCUT2D eigenvalue weighted by atomic mass is 31.2. The van der Waals surface area contributed by atoms with Gasteiger partial charge >= 0.3 is 7.60 Å². The third kappa shape index (κ3) is 5.72. The molecule has 0 saturated carbocycles. The van der Waals surface area contributed by atoms with Crippen LogP contribution in [0, 0.1) is 6.92 Å². The second-order valence-electron chi connectivity index (χ2n) is 5.28. The van der Waals surface area contributed by atoms with Gasteiger partial charge < -0.3 is 9.05 Å². The van der Waals surface area contributed by atoms with Gasteiger partial charge in [0.1, 0.15) is 0 Å². The Morgan fingerprint density at radius 3 is 2.14 bits per heavy atom. The van der Waals surface area contributed by atoms with Crippen LogP contribution in [0.5, 0.6) is 0 Å². The summed E-state index contributed by atoms with van der Waals surface area (Å²) in [5, 5.41) is 0.701. The van der Waals surface area contributed by atoms with Gasteiger partial charge in [-0.1, -0.05) is 55.7 Å². The van der Waals surface area contributed by atoms with Crippen molar-refractivity contribution in [1.82, 2.24) is 0 Å². The first-order valence-electron chi connectivity index (χ1n) is 8.24. The Morgan fingerprint density at radius 1 is 1.05 bits per heavy atom. The fraction of sp³-hybridized carbons (Fsp3) is 0.556. The molecule has 0 aliphatic rings. The molecule has 0 atom stereocenters. The van der Waals surface area contributed by atoms with Crippen LogP contribution in [0.2, 0.25) is 0 Å². The average molecular weight is 324 g/mol. The minimum atomic E-state index is -3.25. The van der Waals surface area contributed by atoms with Crippen molar-refractivity contribution in [2.24, 2.45) is 0 Å². The normalized spacial score (nSPS) is 12.6. The number of aryl methyl sites for hydroxylation is 1. The maximum absolute atomic E-state index is 13.1. The van der Waals surface area contributed by atoms with E-state index in [0.717, 1.165) is 18.4 Å². The molecule has 0 bridgehead atoms. The van der Waals surface area contributed by atoms with Crippen molar-refractivity contribution in [2.45, 2.75) is 53.4 Å². The largest absolute Gasteiger partial charge is 0.361 e. The summed E-state index contributed by atoms with van der Waals surface area (Å²) in [5.74, 6) is 0. The number of unbranched alkanes of at least 4 members (excludes halogenated alkanes) is 3. The molecule has 0 amide bonds. The van der Waals surface area contributed by atoms with E-state index in [2.05, 4.69) is 6.92 Å². The Labute approximate surface area is 135 Å². The van der Waals surface area contributed by atoms with Gasteiger partial charge in [0.2, 0.25) is 0 Å². The molecule has 0 spiro atoms. The van der Waals surface area contributed by atoms with E-state index in [-0.39, 0.29) is 0 Å². The summed E-state index contributed by atoms with van der Waals surface area (Å²) in [6.07, 6.45) is 6.35. The molecule has 4 heteroatoms. The van der Waals surface area contributed by atoms with E-state index in [1.165, 1.54) is 18.4 Å². The van der Waals surface area contributed by atoms with Gasteiger partial charge in [0, 0.05) is 0 Å². The molecule has 1 rings (SSSR count). The van der Waals surface area contributed by atoms with Crippen LogP contribution in [0.25, 0.3) is 5.31 Å². The number of rotatable bonds is 10. The van der Waals surface area contributed by atoms with Gasteiger partial charge in [0.05, 0.1) is 18.5 Å². The average Bonchev–Trinajstić information content (AvgIpc) is 2.49. The number of benzene rings is 1. The predicted octanol–water partition coefficient (Wildman–Crippen LogP) is 6.18. The highest BCUT2D eigenvalue weighted by Gasteiger charge is 2.30. The molecule has 124 valence electrons. The number of hydrogen-bond acceptors (Lipinski definition) is 3. The summed E-state index contributed by atoms with van der Waals surface area (Å²) in [5.41, 5.74) is 2.10. The number of allylic oxidation sites excluding steroid dienone is 1. The van der Waals surface area contributed by atoms with Crippen LogP contribution in [-0.4, -0.2) is 13.2 Å². The van der Waals surface area contributed by atoms with E-state index < -0.39 is 7.60 Å². The second-order valence-corrected chi connectivity index (χ2v) is 7.28. The second kappa shape index (κ2) is 9.99. The summed E-state index contributed by atoms with van der Waals surface area (Å²) >= 11 is 0. The Morgan fingerprint density at radius 2 is 1.64 bits per heavy atom. The number of hydrogen-bond donors (Lipinski definition) is 0. The van der Waals surface area contributed by atoms with Crippen molar-refractivity contribution in [1.29, 1.82) is 0 Å². The van der Waals surface area contributed by atoms with Crippen LogP contribution < -0.4 is 0 Å². The first-order valence-corrected chi connectivity index (χ1v) is 9.78. The zero-order valence-corrected chi connectivity index (χ0v) is 15.2. The van der Waals surface area contributed by atoms with Crippen LogP contribution in [0.1, 0.15) is 57.6 Å². The lowest BCUT2D eigenvalue weighted by molar-refractivity contribution is 0.230. The molecule has 0 N–H and O–H groups in total. The van der Waals surface area contributed by atoms with Crippen molar-refractivity contribution >= 4 is 12.9 Å². The summed E-state index contributed by atoms with van der Waals surface area (Å²) in [6, 6.07) is 8.03. The summed E-state index contributed by atoms with van der Waals surface area (Å²) in [7, 11) is -3.25. The molecule has 0 saturated heterocycles. The topological polar surface area (TPSA) is 35.5 Å². The molecule has 0 heterocycles. The highest BCUT2D eigenvalue weighted by molar-refractivity contribution is 7.65. The molecule has 0 aromatic heterocycles. The highest BCUT2D eigenvalue weighted by Crippen LogP contribution is 2.60. The third-order valence-corrected chi connectivity index (χ3v) is 5.61. The predicted molar refractivity (Wildman–Crippen MR) is 94.2 cm³/mol.